The number of aromatic nitrogens is 2. The van der Waals surface area contributed by atoms with Crippen LogP contribution in [0, 0.1) is 0 Å². The maximum absolute atomic E-state index is 5.98. The van der Waals surface area contributed by atoms with Gasteiger partial charge in [0, 0.05) is 12.1 Å². The van der Waals surface area contributed by atoms with Gasteiger partial charge in [-0.15, -0.1) is 5.10 Å². The number of hydrogen-bond acceptors (Lipinski definition) is 4. The summed E-state index contributed by atoms with van der Waals surface area (Å²) < 4.78 is 4.93. The van der Waals surface area contributed by atoms with Gasteiger partial charge in [-0.25, -0.2) is 0 Å². The van der Waals surface area contributed by atoms with Gasteiger partial charge in [0.2, 0.25) is 5.88 Å². The smallest absolute Gasteiger partial charge is 0.233 e. The van der Waals surface area contributed by atoms with Crippen molar-refractivity contribution in [1.82, 2.24) is 10.2 Å². The van der Waals surface area contributed by atoms with Crippen molar-refractivity contribution in [3.05, 3.63) is 17.8 Å². The molecule has 0 amide bonds. The predicted molar refractivity (Wildman–Crippen MR) is 59.7 cm³/mol. The minimum absolute atomic E-state index is 0.00467. The summed E-state index contributed by atoms with van der Waals surface area (Å²) in [5, 5.41) is 7.92. The Kier molecular flexibility index (Phi) is 5.04. The lowest BCUT2D eigenvalue weighted by molar-refractivity contribution is 0.390. The summed E-state index contributed by atoms with van der Waals surface area (Å²) in [6.07, 6.45) is 4.54. The van der Waals surface area contributed by atoms with E-state index in [4.69, 9.17) is 10.5 Å². The van der Waals surface area contributed by atoms with Gasteiger partial charge in [-0.1, -0.05) is 26.2 Å². The minimum atomic E-state index is -0.00467. The van der Waals surface area contributed by atoms with Gasteiger partial charge in [0.25, 0.3) is 0 Å². The Labute approximate surface area is 90.8 Å². The van der Waals surface area contributed by atoms with Gasteiger partial charge < -0.3 is 10.5 Å². The van der Waals surface area contributed by atoms with Gasteiger partial charge in [-0.2, -0.15) is 5.10 Å². The second-order valence-corrected chi connectivity index (χ2v) is 3.60. The third-order valence-corrected chi connectivity index (χ3v) is 2.37. The maximum Gasteiger partial charge on any atom is 0.233 e. The Morgan fingerprint density at radius 1 is 1.33 bits per heavy atom. The average Bonchev–Trinajstić information content (AvgIpc) is 2.29. The lowest BCUT2D eigenvalue weighted by atomic mass is 10.1. The van der Waals surface area contributed by atoms with Gasteiger partial charge in [0.15, 0.2) is 0 Å². The molecule has 0 spiro atoms. The number of methoxy groups -OCH3 is 1. The lowest BCUT2D eigenvalue weighted by Gasteiger charge is -2.09. The molecule has 0 fully saturated rings. The first-order chi connectivity index (χ1) is 7.27. The van der Waals surface area contributed by atoms with Gasteiger partial charge in [-0.05, 0) is 12.5 Å². The van der Waals surface area contributed by atoms with Crippen LogP contribution in [-0.4, -0.2) is 17.3 Å². The summed E-state index contributed by atoms with van der Waals surface area (Å²) >= 11 is 0. The molecule has 1 aromatic rings. The molecule has 0 aliphatic rings. The Balaban J connectivity index is 2.46. The van der Waals surface area contributed by atoms with E-state index in [1.165, 1.54) is 12.8 Å². The van der Waals surface area contributed by atoms with Crippen molar-refractivity contribution in [2.75, 3.05) is 7.11 Å². The van der Waals surface area contributed by atoms with Gasteiger partial charge in [-0.3, -0.25) is 0 Å². The van der Waals surface area contributed by atoms with Crippen molar-refractivity contribution in [2.24, 2.45) is 5.73 Å². The molecule has 1 atom stereocenters. The van der Waals surface area contributed by atoms with E-state index in [0.29, 0.717) is 5.88 Å². The van der Waals surface area contributed by atoms with Crippen molar-refractivity contribution >= 4 is 0 Å². The predicted octanol–water partition coefficient (Wildman–Crippen LogP) is 2.07. The normalized spacial score (nSPS) is 12.5. The van der Waals surface area contributed by atoms with Crippen LogP contribution in [0.25, 0.3) is 0 Å². The molecule has 0 aliphatic carbocycles. The number of unbranched alkanes of at least 4 members (excludes halogenated alkanes) is 2. The van der Waals surface area contributed by atoms with Crippen LogP contribution < -0.4 is 10.5 Å². The van der Waals surface area contributed by atoms with Crippen LogP contribution in [0.15, 0.2) is 12.1 Å². The molecule has 1 rings (SSSR count). The van der Waals surface area contributed by atoms with Crippen molar-refractivity contribution in [1.29, 1.82) is 0 Å². The van der Waals surface area contributed by atoms with Crippen LogP contribution in [0.5, 0.6) is 5.88 Å². The summed E-state index contributed by atoms with van der Waals surface area (Å²) in [6, 6.07) is 3.67. The summed E-state index contributed by atoms with van der Waals surface area (Å²) in [7, 11) is 1.57. The second kappa shape index (κ2) is 6.35. The monoisotopic (exact) mass is 209 g/mol. The van der Waals surface area contributed by atoms with E-state index < -0.39 is 0 Å². The number of hydrogen-bond donors (Lipinski definition) is 1. The Morgan fingerprint density at radius 3 is 2.67 bits per heavy atom. The van der Waals surface area contributed by atoms with E-state index >= 15 is 0 Å². The molecule has 0 radical (unpaired) electrons. The molecular weight excluding hydrogens is 190 g/mol. The third-order valence-electron chi connectivity index (χ3n) is 2.37. The molecule has 0 saturated carbocycles. The Hall–Kier alpha value is -1.16. The topological polar surface area (TPSA) is 61.0 Å². The zero-order chi connectivity index (χ0) is 11.1. The first-order valence-electron chi connectivity index (χ1n) is 5.41. The number of nitrogens with two attached hydrogens (primary N) is 1. The number of nitrogens with zero attached hydrogens (tertiary/aromatic N) is 2. The molecule has 0 bridgehead atoms. The van der Waals surface area contributed by atoms with Crippen molar-refractivity contribution in [2.45, 2.75) is 38.6 Å². The Morgan fingerprint density at radius 2 is 2.13 bits per heavy atom. The van der Waals surface area contributed by atoms with Crippen molar-refractivity contribution in [3.63, 3.8) is 0 Å². The first-order valence-corrected chi connectivity index (χ1v) is 5.41. The fourth-order valence-electron chi connectivity index (χ4n) is 1.40. The van der Waals surface area contributed by atoms with Gasteiger partial charge in [0.1, 0.15) is 0 Å². The zero-order valence-electron chi connectivity index (χ0n) is 9.44. The number of rotatable bonds is 6. The highest BCUT2D eigenvalue weighted by molar-refractivity contribution is 5.13. The van der Waals surface area contributed by atoms with E-state index in [9.17, 15) is 0 Å². The maximum atomic E-state index is 5.98. The van der Waals surface area contributed by atoms with Crippen LogP contribution in [0.2, 0.25) is 0 Å². The largest absolute Gasteiger partial charge is 0.480 e. The van der Waals surface area contributed by atoms with E-state index in [1.54, 1.807) is 13.2 Å². The molecule has 0 saturated heterocycles. The molecule has 15 heavy (non-hydrogen) atoms. The highest BCUT2D eigenvalue weighted by atomic mass is 16.5. The average molecular weight is 209 g/mol. The molecule has 1 aromatic heterocycles. The molecule has 2 N–H and O–H groups in total. The van der Waals surface area contributed by atoms with E-state index in [1.807, 2.05) is 6.07 Å². The molecule has 1 unspecified atom stereocenters. The van der Waals surface area contributed by atoms with Crippen LogP contribution in [-0.2, 0) is 0 Å². The van der Waals surface area contributed by atoms with E-state index in [-0.39, 0.29) is 6.04 Å². The van der Waals surface area contributed by atoms with Gasteiger partial charge >= 0.3 is 0 Å². The summed E-state index contributed by atoms with van der Waals surface area (Å²) in [6.45, 7) is 2.18. The minimum Gasteiger partial charge on any atom is -0.480 e. The third kappa shape index (κ3) is 3.83. The SMILES string of the molecule is CCCCCC(N)c1ccc(OC)nn1. The molecule has 4 heteroatoms. The molecule has 84 valence electrons. The molecule has 4 nitrogen and oxygen atoms in total. The van der Waals surface area contributed by atoms with Crippen molar-refractivity contribution in [3.8, 4) is 5.88 Å². The lowest BCUT2D eigenvalue weighted by Crippen LogP contribution is -2.12. The van der Waals surface area contributed by atoms with Crippen LogP contribution >= 0.6 is 0 Å². The highest BCUT2D eigenvalue weighted by Gasteiger charge is 2.07. The second-order valence-electron chi connectivity index (χ2n) is 3.60. The summed E-state index contributed by atoms with van der Waals surface area (Å²) in [5.41, 5.74) is 6.82. The van der Waals surface area contributed by atoms with E-state index in [0.717, 1.165) is 18.5 Å². The summed E-state index contributed by atoms with van der Waals surface area (Å²) in [4.78, 5) is 0. The molecule has 0 aromatic carbocycles. The summed E-state index contributed by atoms with van der Waals surface area (Å²) in [5.74, 6) is 0.527. The standard InChI is InChI=1S/C11H19N3O/c1-3-4-5-6-9(12)10-7-8-11(15-2)14-13-10/h7-9H,3-6,12H2,1-2H3. The molecule has 0 aliphatic heterocycles. The molecular formula is C11H19N3O. The van der Waals surface area contributed by atoms with Gasteiger partial charge in [0.05, 0.1) is 12.8 Å². The Bertz CT molecular complexity index is 274. The highest BCUT2D eigenvalue weighted by Crippen LogP contribution is 2.15. The fourth-order valence-corrected chi connectivity index (χ4v) is 1.40. The zero-order valence-corrected chi connectivity index (χ0v) is 9.44. The van der Waals surface area contributed by atoms with E-state index in [2.05, 4.69) is 17.1 Å². The quantitative estimate of drug-likeness (QED) is 0.728. The number of ether oxygens (including phenoxy) is 1. The molecule has 1 heterocycles. The van der Waals surface area contributed by atoms with Crippen LogP contribution in [0.1, 0.15) is 44.3 Å². The first kappa shape index (κ1) is 11.9. The van der Waals surface area contributed by atoms with Crippen LogP contribution in [0.4, 0.5) is 0 Å². The van der Waals surface area contributed by atoms with Crippen molar-refractivity contribution < 1.29 is 4.74 Å². The van der Waals surface area contributed by atoms with Crippen LogP contribution in [0.3, 0.4) is 0 Å². The fraction of sp³-hybridized carbons (Fsp3) is 0.636.